The fourth-order valence-electron chi connectivity index (χ4n) is 3.36. The molecule has 0 saturated carbocycles. The first kappa shape index (κ1) is 21.4. The van der Waals surface area contributed by atoms with Crippen LogP contribution < -0.4 is 10.1 Å². The lowest BCUT2D eigenvalue weighted by atomic mass is 10.1. The van der Waals surface area contributed by atoms with E-state index in [9.17, 15) is 14.4 Å². The number of amides is 2. The average Bonchev–Trinajstić information content (AvgIpc) is 2.81. The summed E-state index contributed by atoms with van der Waals surface area (Å²) < 4.78 is 10.6. The summed E-state index contributed by atoms with van der Waals surface area (Å²) in [6.07, 6.45) is 1.95. The molecule has 0 spiro atoms. The largest absolute Gasteiger partial charge is 0.497 e. The van der Waals surface area contributed by atoms with Gasteiger partial charge in [-0.05, 0) is 37.5 Å². The number of hydrogen-bond donors (Lipinski definition) is 1. The standard InChI is InChI=1S/C23H26N2O5/c1-29-19-12-8-11-18(15-19)22(27)24-16-20(26)30-21(17-9-4-2-5-10-17)23(28)25-13-6-3-7-14-25/h2,4-5,8-12,15,21H,3,6-7,13-14,16H2,1H3,(H,24,27)/t21-/m0/s1. The van der Waals surface area contributed by atoms with Crippen LogP contribution in [-0.4, -0.2) is 49.4 Å². The molecule has 0 aliphatic carbocycles. The third-order valence-electron chi connectivity index (χ3n) is 4.97. The number of carbonyl (C=O) groups excluding carboxylic acids is 3. The molecule has 0 bridgehead atoms. The van der Waals surface area contributed by atoms with Crippen LogP contribution in [0.4, 0.5) is 0 Å². The van der Waals surface area contributed by atoms with Gasteiger partial charge in [0.1, 0.15) is 12.3 Å². The van der Waals surface area contributed by atoms with Crippen molar-refractivity contribution in [3.8, 4) is 5.75 Å². The van der Waals surface area contributed by atoms with Gasteiger partial charge in [0.2, 0.25) is 6.10 Å². The number of piperidine rings is 1. The summed E-state index contributed by atoms with van der Waals surface area (Å²) in [5.41, 5.74) is 0.978. The second-order valence-electron chi connectivity index (χ2n) is 7.08. The maximum absolute atomic E-state index is 13.0. The molecule has 0 aromatic heterocycles. The lowest BCUT2D eigenvalue weighted by Crippen LogP contribution is -2.41. The van der Waals surface area contributed by atoms with Crippen LogP contribution in [0.25, 0.3) is 0 Å². The van der Waals surface area contributed by atoms with E-state index in [2.05, 4.69) is 5.32 Å². The van der Waals surface area contributed by atoms with Gasteiger partial charge in [-0.2, -0.15) is 0 Å². The third kappa shape index (κ3) is 5.59. The highest BCUT2D eigenvalue weighted by molar-refractivity contribution is 5.96. The van der Waals surface area contributed by atoms with Gasteiger partial charge < -0.3 is 19.7 Å². The highest BCUT2D eigenvalue weighted by Gasteiger charge is 2.30. The maximum atomic E-state index is 13.0. The molecule has 3 rings (SSSR count). The summed E-state index contributed by atoms with van der Waals surface area (Å²) in [6, 6.07) is 15.6. The zero-order valence-electron chi connectivity index (χ0n) is 17.0. The van der Waals surface area contributed by atoms with Crippen molar-refractivity contribution in [1.82, 2.24) is 10.2 Å². The van der Waals surface area contributed by atoms with E-state index in [-0.39, 0.29) is 12.5 Å². The number of rotatable bonds is 7. The Morgan fingerprint density at radius 3 is 2.43 bits per heavy atom. The highest BCUT2D eigenvalue weighted by atomic mass is 16.5. The van der Waals surface area contributed by atoms with E-state index in [0.717, 1.165) is 19.3 Å². The molecule has 1 aliphatic heterocycles. The normalized spacial score (nSPS) is 14.5. The monoisotopic (exact) mass is 410 g/mol. The molecular formula is C23H26N2O5. The number of likely N-dealkylation sites (tertiary alicyclic amines) is 1. The Balaban J connectivity index is 1.64. The van der Waals surface area contributed by atoms with Crippen LogP contribution in [0.2, 0.25) is 0 Å². The minimum Gasteiger partial charge on any atom is -0.497 e. The van der Waals surface area contributed by atoms with Crippen LogP contribution >= 0.6 is 0 Å². The molecule has 1 aliphatic rings. The Kier molecular flexibility index (Phi) is 7.43. The Morgan fingerprint density at radius 1 is 1.00 bits per heavy atom. The number of esters is 1. The van der Waals surface area contributed by atoms with Gasteiger partial charge in [-0.25, -0.2) is 0 Å². The van der Waals surface area contributed by atoms with Gasteiger partial charge in [-0.1, -0.05) is 36.4 Å². The molecule has 0 unspecified atom stereocenters. The topological polar surface area (TPSA) is 84.9 Å². The van der Waals surface area contributed by atoms with E-state index in [1.54, 1.807) is 53.4 Å². The molecule has 0 radical (unpaired) electrons. The lowest BCUT2D eigenvalue weighted by molar-refractivity contribution is -0.160. The molecule has 7 heteroatoms. The van der Waals surface area contributed by atoms with Gasteiger partial charge in [0.15, 0.2) is 0 Å². The minimum atomic E-state index is -1.02. The van der Waals surface area contributed by atoms with E-state index in [1.165, 1.54) is 7.11 Å². The van der Waals surface area contributed by atoms with Crippen LogP contribution in [0.5, 0.6) is 5.75 Å². The van der Waals surface area contributed by atoms with E-state index in [4.69, 9.17) is 9.47 Å². The average molecular weight is 410 g/mol. The Morgan fingerprint density at radius 2 is 1.73 bits per heavy atom. The van der Waals surface area contributed by atoms with Gasteiger partial charge in [-0.3, -0.25) is 14.4 Å². The van der Waals surface area contributed by atoms with E-state index < -0.39 is 18.0 Å². The van der Waals surface area contributed by atoms with Gasteiger partial charge in [0.05, 0.1) is 7.11 Å². The molecule has 2 aromatic carbocycles. The zero-order valence-corrected chi connectivity index (χ0v) is 17.0. The first-order valence-electron chi connectivity index (χ1n) is 10.0. The van der Waals surface area contributed by atoms with E-state index in [1.807, 2.05) is 6.07 Å². The second-order valence-corrected chi connectivity index (χ2v) is 7.08. The fraction of sp³-hybridized carbons (Fsp3) is 0.348. The van der Waals surface area contributed by atoms with Crippen LogP contribution in [0.15, 0.2) is 54.6 Å². The molecule has 1 fully saturated rings. The lowest BCUT2D eigenvalue weighted by Gasteiger charge is -2.30. The molecule has 1 saturated heterocycles. The van der Waals surface area contributed by atoms with Crippen LogP contribution in [0.3, 0.4) is 0 Å². The molecule has 2 amide bonds. The summed E-state index contributed by atoms with van der Waals surface area (Å²) in [5, 5.41) is 2.53. The quantitative estimate of drug-likeness (QED) is 0.710. The molecule has 1 heterocycles. The number of hydrogen-bond acceptors (Lipinski definition) is 5. The third-order valence-corrected chi connectivity index (χ3v) is 4.97. The molecule has 30 heavy (non-hydrogen) atoms. The van der Waals surface area contributed by atoms with E-state index in [0.29, 0.717) is 30.0 Å². The summed E-state index contributed by atoms with van der Waals surface area (Å²) in [4.78, 5) is 39.5. The number of benzene rings is 2. The van der Waals surface area contributed by atoms with Gasteiger partial charge in [0, 0.05) is 24.2 Å². The fourth-order valence-corrected chi connectivity index (χ4v) is 3.36. The highest BCUT2D eigenvalue weighted by Crippen LogP contribution is 2.22. The van der Waals surface area contributed by atoms with Gasteiger partial charge in [-0.15, -0.1) is 0 Å². The van der Waals surface area contributed by atoms with Crippen molar-refractivity contribution in [3.05, 3.63) is 65.7 Å². The summed E-state index contributed by atoms with van der Waals surface area (Å²) >= 11 is 0. The SMILES string of the molecule is COc1cccc(C(=O)NCC(=O)O[C@H](C(=O)N2CCCCC2)c2ccccc2)c1. The number of nitrogens with one attached hydrogen (secondary N) is 1. The smallest absolute Gasteiger partial charge is 0.326 e. The number of ether oxygens (including phenoxy) is 2. The summed E-state index contributed by atoms with van der Waals surface area (Å²) in [5.74, 6) is -0.787. The molecule has 1 atom stereocenters. The summed E-state index contributed by atoms with van der Waals surface area (Å²) in [7, 11) is 1.51. The van der Waals surface area contributed by atoms with Gasteiger partial charge >= 0.3 is 5.97 Å². The number of nitrogens with zero attached hydrogens (tertiary/aromatic N) is 1. The van der Waals surface area contributed by atoms with Crippen LogP contribution in [-0.2, 0) is 14.3 Å². The predicted octanol–water partition coefficient (Wildman–Crippen LogP) is 2.72. The van der Waals surface area contributed by atoms with Crippen molar-refractivity contribution >= 4 is 17.8 Å². The Hall–Kier alpha value is -3.35. The van der Waals surface area contributed by atoms with Crippen molar-refractivity contribution in [1.29, 1.82) is 0 Å². The molecular weight excluding hydrogens is 384 g/mol. The Bertz CT molecular complexity index is 878. The zero-order chi connectivity index (χ0) is 21.3. The van der Waals surface area contributed by atoms with Crippen molar-refractivity contribution in [2.24, 2.45) is 0 Å². The minimum absolute atomic E-state index is 0.228. The molecule has 1 N–H and O–H groups in total. The second kappa shape index (κ2) is 10.4. The number of methoxy groups -OCH3 is 1. The van der Waals surface area contributed by atoms with Crippen molar-refractivity contribution < 1.29 is 23.9 Å². The maximum Gasteiger partial charge on any atom is 0.326 e. The Labute approximate surface area is 176 Å². The predicted molar refractivity (Wildman–Crippen MR) is 111 cm³/mol. The van der Waals surface area contributed by atoms with Crippen molar-refractivity contribution in [2.45, 2.75) is 25.4 Å². The first-order valence-corrected chi connectivity index (χ1v) is 10.0. The van der Waals surface area contributed by atoms with Crippen molar-refractivity contribution in [2.75, 3.05) is 26.7 Å². The number of carbonyl (C=O) groups is 3. The molecule has 2 aromatic rings. The first-order chi connectivity index (χ1) is 14.6. The molecule has 158 valence electrons. The van der Waals surface area contributed by atoms with Gasteiger partial charge in [0.25, 0.3) is 11.8 Å². The van der Waals surface area contributed by atoms with Crippen LogP contribution in [0, 0.1) is 0 Å². The molecule has 7 nitrogen and oxygen atoms in total. The van der Waals surface area contributed by atoms with Crippen molar-refractivity contribution in [3.63, 3.8) is 0 Å². The van der Waals surface area contributed by atoms with E-state index >= 15 is 0 Å². The summed E-state index contributed by atoms with van der Waals surface area (Å²) in [6.45, 7) is 0.977. The van der Waals surface area contributed by atoms with Crippen LogP contribution in [0.1, 0.15) is 41.3 Å².